The highest BCUT2D eigenvalue weighted by Crippen LogP contribution is 2.61. The van der Waals surface area contributed by atoms with E-state index in [0.717, 1.165) is 16.8 Å². The fourth-order valence-electron chi connectivity index (χ4n) is 6.77. The van der Waals surface area contributed by atoms with Crippen molar-refractivity contribution in [2.45, 2.75) is 18.0 Å². The highest BCUT2D eigenvalue weighted by molar-refractivity contribution is 6.35. The predicted molar refractivity (Wildman–Crippen MR) is 148 cm³/mol. The van der Waals surface area contributed by atoms with Gasteiger partial charge in [-0.05, 0) is 29.3 Å². The maximum Gasteiger partial charge on any atom is 0.187 e. The second-order valence-corrected chi connectivity index (χ2v) is 10.4. The molecule has 0 amide bonds. The van der Waals surface area contributed by atoms with Crippen molar-refractivity contribution in [2.75, 3.05) is 4.90 Å². The number of fused-ring (bicyclic) bond motifs is 5. The molecule has 3 atom stereocenters. The Morgan fingerprint density at radius 3 is 2.05 bits per heavy atom. The first-order chi connectivity index (χ1) is 18.5. The van der Waals surface area contributed by atoms with Gasteiger partial charge >= 0.3 is 0 Å². The minimum Gasteiger partial charge on any atom is -0.352 e. The molecule has 0 radical (unpaired) electrons. The fraction of sp³-hybridized carbons (Fsp3) is 0.121. The van der Waals surface area contributed by atoms with Crippen LogP contribution in [0.3, 0.4) is 0 Å². The van der Waals surface area contributed by atoms with E-state index in [1.165, 1.54) is 0 Å². The van der Waals surface area contributed by atoms with E-state index in [1.54, 1.807) is 48.5 Å². The van der Waals surface area contributed by atoms with Gasteiger partial charge in [0.15, 0.2) is 17.3 Å². The minimum absolute atomic E-state index is 0.215. The van der Waals surface area contributed by atoms with Crippen molar-refractivity contribution in [3.63, 3.8) is 0 Å². The zero-order valence-electron chi connectivity index (χ0n) is 20.3. The van der Waals surface area contributed by atoms with E-state index in [4.69, 9.17) is 11.6 Å². The first-order valence-electron chi connectivity index (χ1n) is 12.6. The standard InChI is InChI=1S/C33H22ClNO3/c34-25-16-8-7-15-24(25)30(36)29-28(21-11-2-1-3-12-21)33(31(37)22-13-5-6-14-23(22)32(33)38)27-19-18-20-10-4-9-17-26(20)35(27)29/h1-19,27-29H. The van der Waals surface area contributed by atoms with Crippen LogP contribution in [-0.4, -0.2) is 29.4 Å². The summed E-state index contributed by atoms with van der Waals surface area (Å²) < 4.78 is 0. The molecule has 4 aromatic rings. The molecule has 4 aromatic carbocycles. The SMILES string of the molecule is O=C(c1ccccc1Cl)C1C(c2ccccc2)C2(C(=O)c3ccccc3C2=O)C2C=Cc3ccccc3N12. The molecular weight excluding hydrogens is 494 g/mol. The van der Waals surface area contributed by atoms with Crippen molar-refractivity contribution in [1.82, 2.24) is 0 Å². The lowest BCUT2D eigenvalue weighted by molar-refractivity contribution is 0.0666. The number of rotatable bonds is 3. The van der Waals surface area contributed by atoms with Gasteiger partial charge in [0, 0.05) is 28.3 Å². The number of Topliss-reactive ketones (excluding diaryl/α,β-unsaturated/α-hetero) is 3. The number of hydrogen-bond acceptors (Lipinski definition) is 4. The first kappa shape index (κ1) is 22.9. The Balaban J connectivity index is 1.56. The Morgan fingerprint density at radius 1 is 0.737 bits per heavy atom. The van der Waals surface area contributed by atoms with E-state index in [9.17, 15) is 14.4 Å². The van der Waals surface area contributed by atoms with Crippen molar-refractivity contribution in [1.29, 1.82) is 0 Å². The molecule has 7 rings (SSSR count). The number of carbonyl (C=O) groups excluding carboxylic acids is 3. The molecule has 1 spiro atoms. The Morgan fingerprint density at radius 2 is 1.34 bits per heavy atom. The number of nitrogens with zero attached hydrogens (tertiary/aromatic N) is 1. The molecule has 2 heterocycles. The molecule has 184 valence electrons. The molecule has 1 saturated heterocycles. The van der Waals surface area contributed by atoms with Crippen LogP contribution in [0.15, 0.2) is 109 Å². The van der Waals surface area contributed by atoms with Crippen molar-refractivity contribution in [3.05, 3.63) is 142 Å². The largest absolute Gasteiger partial charge is 0.352 e. The first-order valence-corrected chi connectivity index (χ1v) is 13.0. The molecule has 0 saturated carbocycles. The Bertz CT molecular complexity index is 1640. The summed E-state index contributed by atoms with van der Waals surface area (Å²) >= 11 is 6.56. The van der Waals surface area contributed by atoms with Gasteiger partial charge in [-0.2, -0.15) is 0 Å². The van der Waals surface area contributed by atoms with Gasteiger partial charge in [-0.15, -0.1) is 0 Å². The number of carbonyl (C=O) groups is 3. The molecule has 1 aliphatic carbocycles. The number of para-hydroxylation sites is 1. The average molecular weight is 516 g/mol. The highest BCUT2D eigenvalue weighted by atomic mass is 35.5. The smallest absolute Gasteiger partial charge is 0.187 e. The summed E-state index contributed by atoms with van der Waals surface area (Å²) in [4.78, 5) is 45.6. The van der Waals surface area contributed by atoms with Gasteiger partial charge in [-0.3, -0.25) is 14.4 Å². The summed E-state index contributed by atoms with van der Waals surface area (Å²) in [5.74, 6) is -1.42. The zero-order chi connectivity index (χ0) is 26.0. The van der Waals surface area contributed by atoms with Crippen LogP contribution in [-0.2, 0) is 0 Å². The van der Waals surface area contributed by atoms with E-state index < -0.39 is 23.4 Å². The number of benzene rings is 4. The number of hydrogen-bond donors (Lipinski definition) is 0. The van der Waals surface area contributed by atoms with E-state index in [1.807, 2.05) is 71.6 Å². The summed E-state index contributed by atoms with van der Waals surface area (Å²) in [5.41, 5.74) is 2.22. The van der Waals surface area contributed by atoms with Crippen LogP contribution in [0.1, 0.15) is 48.1 Å². The van der Waals surface area contributed by atoms with Gasteiger partial charge in [0.05, 0.1) is 11.1 Å². The molecule has 5 heteroatoms. The predicted octanol–water partition coefficient (Wildman–Crippen LogP) is 6.66. The number of anilines is 1. The topological polar surface area (TPSA) is 54.5 Å². The Kier molecular flexibility index (Phi) is 5.04. The molecular formula is C33H22ClNO3. The lowest BCUT2D eigenvalue weighted by Crippen LogP contribution is -2.48. The molecule has 0 aromatic heterocycles. The zero-order valence-corrected chi connectivity index (χ0v) is 21.0. The van der Waals surface area contributed by atoms with Gasteiger partial charge in [0.1, 0.15) is 11.5 Å². The normalized spacial score (nSPS) is 22.3. The second kappa shape index (κ2) is 8.37. The maximum absolute atomic E-state index is 14.6. The van der Waals surface area contributed by atoms with E-state index in [2.05, 4.69) is 0 Å². The van der Waals surface area contributed by atoms with Gasteiger partial charge < -0.3 is 4.90 Å². The summed E-state index contributed by atoms with van der Waals surface area (Å²) in [5, 5.41) is 0.343. The van der Waals surface area contributed by atoms with Crippen LogP contribution in [0.5, 0.6) is 0 Å². The molecule has 0 N–H and O–H groups in total. The monoisotopic (exact) mass is 515 g/mol. The Hall–Kier alpha value is -4.28. The maximum atomic E-state index is 14.6. The quantitative estimate of drug-likeness (QED) is 0.226. The molecule has 4 nitrogen and oxygen atoms in total. The minimum atomic E-state index is -1.50. The lowest BCUT2D eigenvalue weighted by Gasteiger charge is -2.37. The molecule has 2 aliphatic heterocycles. The van der Waals surface area contributed by atoms with Crippen LogP contribution in [0.25, 0.3) is 6.08 Å². The Labute approximate surface area is 225 Å². The summed E-state index contributed by atoms with van der Waals surface area (Å²) in [6.45, 7) is 0. The molecule has 0 bridgehead atoms. The summed E-state index contributed by atoms with van der Waals surface area (Å²) in [7, 11) is 0. The van der Waals surface area contributed by atoms with Crippen LogP contribution in [0.4, 0.5) is 5.69 Å². The van der Waals surface area contributed by atoms with Crippen molar-refractivity contribution in [2.24, 2.45) is 5.41 Å². The van der Waals surface area contributed by atoms with Gasteiger partial charge in [-0.1, -0.05) is 109 Å². The van der Waals surface area contributed by atoms with Crippen LogP contribution in [0.2, 0.25) is 5.02 Å². The van der Waals surface area contributed by atoms with E-state index >= 15 is 0 Å². The molecule has 3 aliphatic rings. The van der Waals surface area contributed by atoms with Gasteiger partial charge in [0.2, 0.25) is 0 Å². The van der Waals surface area contributed by atoms with Gasteiger partial charge in [0.25, 0.3) is 0 Å². The molecule has 1 fully saturated rings. The number of halogens is 1. The van der Waals surface area contributed by atoms with E-state index in [0.29, 0.717) is 21.7 Å². The van der Waals surface area contributed by atoms with Crippen LogP contribution >= 0.6 is 11.6 Å². The lowest BCUT2D eigenvalue weighted by atomic mass is 9.64. The number of ketones is 3. The third kappa shape index (κ3) is 2.89. The summed E-state index contributed by atoms with van der Waals surface area (Å²) in [6.07, 6.45) is 3.89. The van der Waals surface area contributed by atoms with Crippen molar-refractivity contribution >= 4 is 40.7 Å². The molecule has 38 heavy (non-hydrogen) atoms. The second-order valence-electron chi connectivity index (χ2n) is 10.0. The highest BCUT2D eigenvalue weighted by Gasteiger charge is 2.71. The average Bonchev–Trinajstić information content (AvgIpc) is 3.40. The van der Waals surface area contributed by atoms with Gasteiger partial charge in [-0.25, -0.2) is 0 Å². The van der Waals surface area contributed by atoms with Crippen molar-refractivity contribution < 1.29 is 14.4 Å². The van der Waals surface area contributed by atoms with Crippen LogP contribution in [0, 0.1) is 5.41 Å². The van der Waals surface area contributed by atoms with E-state index in [-0.39, 0.29) is 17.3 Å². The third-order valence-corrected chi connectivity index (χ3v) is 8.61. The summed E-state index contributed by atoms with van der Waals surface area (Å²) in [6, 6.07) is 29.8. The fourth-order valence-corrected chi connectivity index (χ4v) is 7.00. The van der Waals surface area contributed by atoms with Crippen LogP contribution < -0.4 is 4.90 Å². The third-order valence-electron chi connectivity index (χ3n) is 8.28. The molecule has 3 unspecified atom stereocenters. The van der Waals surface area contributed by atoms with Crippen molar-refractivity contribution in [3.8, 4) is 0 Å².